The Balaban J connectivity index is 1.55. The number of rotatable bonds is 4. The molecule has 0 aromatic rings. The first kappa shape index (κ1) is 13.4. The summed E-state index contributed by atoms with van der Waals surface area (Å²) in [6, 6.07) is -0.0773. The van der Waals surface area contributed by atoms with E-state index in [9.17, 15) is 9.90 Å². The molecule has 0 aromatic heterocycles. The normalized spacial score (nSPS) is 40.9. The van der Waals surface area contributed by atoms with Crippen LogP contribution in [0.4, 0.5) is 0 Å². The summed E-state index contributed by atoms with van der Waals surface area (Å²) in [5.74, 6) is 3.54. The van der Waals surface area contributed by atoms with Gasteiger partial charge < -0.3 is 10.4 Å². The largest absolute Gasteiger partial charge is 0.394 e. The van der Waals surface area contributed by atoms with E-state index in [4.69, 9.17) is 0 Å². The third kappa shape index (κ3) is 2.42. The van der Waals surface area contributed by atoms with Crippen molar-refractivity contribution < 1.29 is 9.90 Å². The average molecular weight is 265 g/mol. The molecule has 108 valence electrons. The average Bonchev–Trinajstić information content (AvgIpc) is 2.76. The van der Waals surface area contributed by atoms with Gasteiger partial charge in [0, 0.05) is 5.92 Å². The Labute approximate surface area is 116 Å². The topological polar surface area (TPSA) is 49.3 Å². The lowest BCUT2D eigenvalue weighted by atomic mass is 9.88. The Morgan fingerprint density at radius 2 is 1.84 bits per heavy atom. The van der Waals surface area contributed by atoms with E-state index in [2.05, 4.69) is 26.1 Å². The van der Waals surface area contributed by atoms with E-state index < -0.39 is 0 Å². The van der Waals surface area contributed by atoms with Gasteiger partial charge in [0.1, 0.15) is 0 Å². The second-order valence-corrected chi connectivity index (χ2v) is 8.17. The molecule has 0 radical (unpaired) electrons. The Bertz CT molecular complexity index is 357. The Morgan fingerprint density at radius 3 is 2.32 bits per heavy atom. The number of aliphatic hydroxyl groups excluding tert-OH is 1. The number of fused-ring (bicyclic) bond motifs is 5. The standard InChI is InChI=1S/C16H27NO2/c1-16(2,3)7-11(8-18)17-15(19)14-12-9-4-5-10(6-9)13(12)14/h9-14,18H,4-8H2,1-3H3,(H,17,19). The quantitative estimate of drug-likeness (QED) is 0.818. The molecular weight excluding hydrogens is 238 g/mol. The summed E-state index contributed by atoms with van der Waals surface area (Å²) in [7, 11) is 0. The molecule has 5 unspecified atom stereocenters. The first-order chi connectivity index (χ1) is 8.90. The lowest BCUT2D eigenvalue weighted by molar-refractivity contribution is -0.124. The molecule has 1 amide bonds. The van der Waals surface area contributed by atoms with Crippen LogP contribution in [0, 0.1) is 35.0 Å². The van der Waals surface area contributed by atoms with Crippen molar-refractivity contribution in [3.8, 4) is 0 Å². The van der Waals surface area contributed by atoms with Crippen molar-refractivity contribution in [3.63, 3.8) is 0 Å². The predicted octanol–water partition coefficient (Wildman–Crippen LogP) is 2.19. The number of aliphatic hydroxyl groups is 1. The van der Waals surface area contributed by atoms with Crippen molar-refractivity contribution in [1.82, 2.24) is 5.32 Å². The zero-order valence-electron chi connectivity index (χ0n) is 12.4. The van der Waals surface area contributed by atoms with Crippen molar-refractivity contribution in [2.24, 2.45) is 35.0 Å². The number of hydrogen-bond donors (Lipinski definition) is 2. The van der Waals surface area contributed by atoms with Gasteiger partial charge in [0.05, 0.1) is 12.6 Å². The highest BCUT2D eigenvalue weighted by Crippen LogP contribution is 2.69. The van der Waals surface area contributed by atoms with Crippen LogP contribution >= 0.6 is 0 Å². The van der Waals surface area contributed by atoms with Gasteiger partial charge in [-0.25, -0.2) is 0 Å². The SMILES string of the molecule is CC(C)(C)CC(CO)NC(=O)C1C2C3CCC(C3)C12. The third-order valence-electron chi connectivity index (χ3n) is 5.46. The fourth-order valence-corrected chi connectivity index (χ4v) is 4.87. The van der Waals surface area contributed by atoms with E-state index in [0.717, 1.165) is 18.3 Å². The van der Waals surface area contributed by atoms with Gasteiger partial charge in [-0.1, -0.05) is 20.8 Å². The number of nitrogens with one attached hydrogen (secondary N) is 1. The summed E-state index contributed by atoms with van der Waals surface area (Å²) < 4.78 is 0. The molecule has 3 saturated carbocycles. The molecule has 0 spiro atoms. The molecule has 3 aliphatic rings. The van der Waals surface area contributed by atoms with Crippen molar-refractivity contribution in [3.05, 3.63) is 0 Å². The molecule has 3 nitrogen and oxygen atoms in total. The van der Waals surface area contributed by atoms with Gasteiger partial charge in [-0.15, -0.1) is 0 Å². The molecule has 0 saturated heterocycles. The Morgan fingerprint density at radius 1 is 1.26 bits per heavy atom. The van der Waals surface area contributed by atoms with Gasteiger partial charge in [-0.2, -0.15) is 0 Å². The molecule has 3 heteroatoms. The minimum absolute atomic E-state index is 0.0535. The third-order valence-corrected chi connectivity index (χ3v) is 5.46. The molecule has 19 heavy (non-hydrogen) atoms. The zero-order chi connectivity index (χ0) is 13.8. The Kier molecular flexibility index (Phi) is 3.16. The van der Waals surface area contributed by atoms with Crippen molar-refractivity contribution in [2.75, 3.05) is 6.61 Å². The van der Waals surface area contributed by atoms with Crippen LogP contribution in [0.1, 0.15) is 46.5 Å². The maximum atomic E-state index is 12.4. The molecule has 3 rings (SSSR count). The fraction of sp³-hybridized carbons (Fsp3) is 0.938. The van der Waals surface area contributed by atoms with Crippen molar-refractivity contribution >= 4 is 5.91 Å². The summed E-state index contributed by atoms with van der Waals surface area (Å²) in [4.78, 5) is 12.4. The van der Waals surface area contributed by atoms with Crippen LogP contribution < -0.4 is 5.32 Å². The van der Waals surface area contributed by atoms with Gasteiger partial charge in [-0.05, 0) is 54.8 Å². The number of carbonyl (C=O) groups excluding carboxylic acids is 1. The van der Waals surface area contributed by atoms with Crippen LogP contribution in [0.15, 0.2) is 0 Å². The predicted molar refractivity (Wildman–Crippen MR) is 74.4 cm³/mol. The zero-order valence-corrected chi connectivity index (χ0v) is 12.4. The van der Waals surface area contributed by atoms with Crippen molar-refractivity contribution in [2.45, 2.75) is 52.5 Å². The number of hydrogen-bond acceptors (Lipinski definition) is 2. The lowest BCUT2D eigenvalue weighted by Crippen LogP contribution is -2.41. The van der Waals surface area contributed by atoms with E-state index >= 15 is 0 Å². The monoisotopic (exact) mass is 265 g/mol. The van der Waals surface area contributed by atoms with E-state index in [-0.39, 0.29) is 29.9 Å². The van der Waals surface area contributed by atoms with Crippen LogP contribution in [0.25, 0.3) is 0 Å². The van der Waals surface area contributed by atoms with Crippen molar-refractivity contribution in [1.29, 1.82) is 0 Å². The van der Waals surface area contributed by atoms with Gasteiger partial charge in [0.2, 0.25) is 5.91 Å². The molecule has 3 fully saturated rings. The number of amides is 1. The second kappa shape index (κ2) is 4.47. The lowest BCUT2D eigenvalue weighted by Gasteiger charge is -2.25. The van der Waals surface area contributed by atoms with Gasteiger partial charge in [0.15, 0.2) is 0 Å². The molecule has 5 atom stereocenters. The first-order valence-corrected chi connectivity index (χ1v) is 7.82. The fourth-order valence-electron chi connectivity index (χ4n) is 4.87. The summed E-state index contributed by atoms with van der Waals surface area (Å²) in [6.45, 7) is 6.49. The highest BCUT2D eigenvalue weighted by Gasteiger charge is 2.67. The minimum Gasteiger partial charge on any atom is -0.394 e. The first-order valence-electron chi connectivity index (χ1n) is 7.82. The molecular formula is C16H27NO2. The summed E-state index contributed by atoms with van der Waals surface area (Å²) in [5.41, 5.74) is 0.138. The van der Waals surface area contributed by atoms with E-state index in [1.165, 1.54) is 19.3 Å². The van der Waals surface area contributed by atoms with Gasteiger partial charge in [-0.3, -0.25) is 4.79 Å². The molecule has 0 aromatic carbocycles. The second-order valence-electron chi connectivity index (χ2n) is 8.17. The maximum absolute atomic E-state index is 12.4. The molecule has 0 heterocycles. The minimum atomic E-state index is -0.0773. The van der Waals surface area contributed by atoms with Crippen LogP contribution in [0.5, 0.6) is 0 Å². The van der Waals surface area contributed by atoms with Crippen LogP contribution in [-0.2, 0) is 4.79 Å². The summed E-state index contributed by atoms with van der Waals surface area (Å²) in [5, 5.41) is 12.5. The molecule has 2 N–H and O–H groups in total. The van der Waals surface area contributed by atoms with Gasteiger partial charge >= 0.3 is 0 Å². The van der Waals surface area contributed by atoms with Gasteiger partial charge in [0.25, 0.3) is 0 Å². The van der Waals surface area contributed by atoms with Crippen LogP contribution in [0.2, 0.25) is 0 Å². The van der Waals surface area contributed by atoms with E-state index in [1.54, 1.807) is 0 Å². The van der Waals surface area contributed by atoms with E-state index in [1.807, 2.05) is 0 Å². The van der Waals surface area contributed by atoms with E-state index in [0.29, 0.717) is 11.8 Å². The summed E-state index contributed by atoms with van der Waals surface area (Å²) in [6.07, 6.45) is 4.91. The highest BCUT2D eigenvalue weighted by molar-refractivity contribution is 5.83. The molecule has 2 bridgehead atoms. The maximum Gasteiger partial charge on any atom is 0.224 e. The smallest absolute Gasteiger partial charge is 0.224 e. The molecule has 0 aliphatic heterocycles. The van der Waals surface area contributed by atoms with Crippen LogP contribution in [0.3, 0.4) is 0 Å². The highest BCUT2D eigenvalue weighted by atomic mass is 16.3. The summed E-state index contributed by atoms with van der Waals surface area (Å²) >= 11 is 0. The number of carbonyl (C=O) groups is 1. The Hall–Kier alpha value is -0.570. The molecule has 3 aliphatic carbocycles. The van der Waals surface area contributed by atoms with Crippen LogP contribution in [-0.4, -0.2) is 23.7 Å².